The zero-order valence-corrected chi connectivity index (χ0v) is 25.2. The highest BCUT2D eigenvalue weighted by molar-refractivity contribution is 6.45. The third-order valence-electron chi connectivity index (χ3n) is 7.77. The zero-order valence-electron chi connectivity index (χ0n) is 25.2. The summed E-state index contributed by atoms with van der Waals surface area (Å²) < 4.78 is 28.4. The maximum absolute atomic E-state index is 13.4. The zero-order chi connectivity index (χ0) is 29.7. The van der Waals surface area contributed by atoms with Crippen LogP contribution in [0.1, 0.15) is 73.3 Å². The van der Waals surface area contributed by atoms with E-state index in [9.17, 15) is 14.4 Å². The minimum absolute atomic E-state index is 0.0584. The molecule has 40 heavy (non-hydrogen) atoms. The number of carbonyl (C=O) groups excluding carboxylic acids is 3. The van der Waals surface area contributed by atoms with Crippen LogP contribution in [-0.2, 0) is 34.9 Å². The standard InChI is InChI=1S/C29H45BN2O8/c1-27(2,3)38-25(34)31-18-22-17-21(15-12-16-30-39-28(4,5)29(6,7)40-30)23(24(33)36-8)32(22)26(35)37-19-20-13-10-9-11-14-20/h9-11,13-14,21-23H,12,15-19H2,1-8H3,(H,31,34)/t21-,22?,23+/m1/s1. The fourth-order valence-electron chi connectivity index (χ4n) is 5.13. The van der Waals surface area contributed by atoms with Gasteiger partial charge in [-0.15, -0.1) is 0 Å². The Kier molecular flexibility index (Phi) is 10.2. The number of hydrogen-bond acceptors (Lipinski definition) is 8. The van der Waals surface area contributed by atoms with E-state index in [1.807, 2.05) is 58.0 Å². The molecule has 1 aromatic rings. The molecule has 2 aliphatic heterocycles. The summed E-state index contributed by atoms with van der Waals surface area (Å²) in [5, 5.41) is 2.75. The Labute approximate surface area is 238 Å². The van der Waals surface area contributed by atoms with Crippen LogP contribution in [0, 0.1) is 5.92 Å². The van der Waals surface area contributed by atoms with Gasteiger partial charge in [-0.2, -0.15) is 0 Å². The molecule has 0 bridgehead atoms. The molecule has 2 amide bonds. The van der Waals surface area contributed by atoms with Gasteiger partial charge in [-0.1, -0.05) is 36.8 Å². The van der Waals surface area contributed by atoms with Crippen molar-refractivity contribution in [1.82, 2.24) is 10.2 Å². The number of hydrogen-bond donors (Lipinski definition) is 1. The first-order valence-corrected chi connectivity index (χ1v) is 14.0. The second-order valence-corrected chi connectivity index (χ2v) is 12.6. The first-order chi connectivity index (χ1) is 18.6. The van der Waals surface area contributed by atoms with Gasteiger partial charge in [-0.3, -0.25) is 4.90 Å². The third kappa shape index (κ3) is 8.13. The van der Waals surface area contributed by atoms with Crippen molar-refractivity contribution < 1.29 is 37.9 Å². The fraction of sp³-hybridized carbons (Fsp3) is 0.690. The second kappa shape index (κ2) is 12.8. The number of ether oxygens (including phenoxy) is 3. The predicted octanol–water partition coefficient (Wildman–Crippen LogP) is 4.95. The smallest absolute Gasteiger partial charge is 0.457 e. The van der Waals surface area contributed by atoms with Crippen LogP contribution in [0.3, 0.4) is 0 Å². The molecule has 11 heteroatoms. The highest BCUT2D eigenvalue weighted by Crippen LogP contribution is 2.39. The minimum atomic E-state index is -0.850. The number of esters is 1. The number of nitrogens with zero attached hydrogens (tertiary/aromatic N) is 1. The van der Waals surface area contributed by atoms with Gasteiger partial charge in [0.15, 0.2) is 0 Å². The van der Waals surface area contributed by atoms with E-state index in [0.717, 1.165) is 5.56 Å². The molecule has 3 rings (SSSR count). The van der Waals surface area contributed by atoms with Crippen molar-refractivity contribution in [2.45, 2.75) is 110 Å². The van der Waals surface area contributed by atoms with Gasteiger partial charge in [0.25, 0.3) is 0 Å². The lowest BCUT2D eigenvalue weighted by atomic mass is 9.80. The minimum Gasteiger partial charge on any atom is -0.467 e. The summed E-state index contributed by atoms with van der Waals surface area (Å²) in [6.07, 6.45) is 1.26. The third-order valence-corrected chi connectivity index (χ3v) is 7.77. The van der Waals surface area contributed by atoms with Crippen molar-refractivity contribution in [1.29, 1.82) is 0 Å². The lowest BCUT2D eigenvalue weighted by molar-refractivity contribution is -0.147. The van der Waals surface area contributed by atoms with Crippen molar-refractivity contribution in [3.8, 4) is 0 Å². The molecule has 2 heterocycles. The number of methoxy groups -OCH3 is 1. The van der Waals surface area contributed by atoms with Crippen molar-refractivity contribution in [3.63, 3.8) is 0 Å². The molecule has 2 saturated heterocycles. The number of alkyl carbamates (subject to hydrolysis) is 1. The summed E-state index contributed by atoms with van der Waals surface area (Å²) in [4.78, 5) is 40.3. The van der Waals surface area contributed by atoms with Gasteiger partial charge in [0.2, 0.25) is 0 Å². The van der Waals surface area contributed by atoms with Gasteiger partial charge in [0.05, 0.1) is 24.4 Å². The first-order valence-electron chi connectivity index (χ1n) is 14.0. The number of carbonyl (C=O) groups is 3. The summed E-state index contributed by atoms with van der Waals surface area (Å²) in [7, 11) is 0.961. The van der Waals surface area contributed by atoms with Gasteiger partial charge >= 0.3 is 25.3 Å². The summed E-state index contributed by atoms with van der Waals surface area (Å²) in [5.41, 5.74) is -0.681. The maximum Gasteiger partial charge on any atom is 0.457 e. The average Bonchev–Trinajstić information content (AvgIpc) is 3.32. The molecule has 0 saturated carbocycles. The number of likely N-dealkylation sites (tertiary alicyclic amines) is 1. The van der Waals surface area contributed by atoms with Crippen LogP contribution in [0.15, 0.2) is 30.3 Å². The largest absolute Gasteiger partial charge is 0.467 e. The first kappa shape index (κ1) is 31.7. The van der Waals surface area contributed by atoms with Gasteiger partial charge < -0.3 is 28.8 Å². The summed E-state index contributed by atoms with van der Waals surface area (Å²) in [6, 6.07) is 7.98. The van der Waals surface area contributed by atoms with E-state index in [2.05, 4.69) is 5.32 Å². The molecular weight excluding hydrogens is 515 g/mol. The van der Waals surface area contributed by atoms with E-state index in [1.54, 1.807) is 20.8 Å². The maximum atomic E-state index is 13.4. The Bertz CT molecular complexity index is 1010. The monoisotopic (exact) mass is 560 g/mol. The fourth-order valence-corrected chi connectivity index (χ4v) is 5.13. The Morgan fingerprint density at radius 1 is 1.07 bits per heavy atom. The Balaban J connectivity index is 1.72. The molecule has 0 aliphatic carbocycles. The highest BCUT2D eigenvalue weighted by atomic mass is 16.7. The Morgan fingerprint density at radius 2 is 1.70 bits per heavy atom. The molecule has 10 nitrogen and oxygen atoms in total. The molecule has 0 radical (unpaired) electrons. The van der Waals surface area contributed by atoms with Crippen molar-refractivity contribution >= 4 is 25.3 Å². The second-order valence-electron chi connectivity index (χ2n) is 12.6. The normalized spacial score (nSPS) is 23.6. The highest BCUT2D eigenvalue weighted by Gasteiger charge is 2.52. The van der Waals surface area contributed by atoms with E-state index < -0.39 is 47.0 Å². The van der Waals surface area contributed by atoms with E-state index in [-0.39, 0.29) is 26.2 Å². The van der Waals surface area contributed by atoms with E-state index in [0.29, 0.717) is 25.6 Å². The van der Waals surface area contributed by atoms with Crippen LogP contribution in [0.25, 0.3) is 0 Å². The van der Waals surface area contributed by atoms with Gasteiger partial charge in [-0.05, 0) is 79.1 Å². The van der Waals surface area contributed by atoms with Crippen LogP contribution in [0.2, 0.25) is 6.32 Å². The molecule has 3 atom stereocenters. The molecule has 2 aliphatic rings. The molecular formula is C29H45BN2O8. The van der Waals surface area contributed by atoms with Crippen LogP contribution in [0.4, 0.5) is 9.59 Å². The Hall–Kier alpha value is -2.79. The Morgan fingerprint density at radius 3 is 2.27 bits per heavy atom. The van der Waals surface area contributed by atoms with Crippen molar-refractivity contribution in [2.24, 2.45) is 5.92 Å². The summed E-state index contributed by atoms with van der Waals surface area (Å²) in [6.45, 7) is 13.5. The molecule has 222 valence electrons. The number of nitrogens with one attached hydrogen (secondary N) is 1. The molecule has 2 fully saturated rings. The predicted molar refractivity (Wildman–Crippen MR) is 151 cm³/mol. The lowest BCUT2D eigenvalue weighted by Crippen LogP contribution is -2.50. The van der Waals surface area contributed by atoms with Crippen molar-refractivity contribution in [3.05, 3.63) is 35.9 Å². The topological polar surface area (TPSA) is 113 Å². The molecule has 1 unspecified atom stereocenters. The van der Waals surface area contributed by atoms with Gasteiger partial charge in [0, 0.05) is 6.54 Å². The lowest BCUT2D eigenvalue weighted by Gasteiger charge is -2.32. The van der Waals surface area contributed by atoms with E-state index in [1.165, 1.54) is 12.0 Å². The van der Waals surface area contributed by atoms with E-state index >= 15 is 0 Å². The summed E-state index contributed by atoms with van der Waals surface area (Å²) in [5.74, 6) is -0.721. The molecule has 1 aromatic carbocycles. The number of amides is 2. The SMILES string of the molecule is COC(=O)[C@@H]1[C@H](CCCB2OC(C)(C)C(C)(C)O2)CC(CNC(=O)OC(C)(C)C)N1C(=O)OCc1ccccc1. The quantitative estimate of drug-likeness (QED) is 0.257. The van der Waals surface area contributed by atoms with Gasteiger partial charge in [0.1, 0.15) is 18.2 Å². The molecule has 0 spiro atoms. The molecule has 1 N–H and O–H groups in total. The number of rotatable bonds is 9. The number of benzene rings is 1. The van der Waals surface area contributed by atoms with Crippen molar-refractivity contribution in [2.75, 3.05) is 13.7 Å². The van der Waals surface area contributed by atoms with Crippen LogP contribution in [0.5, 0.6) is 0 Å². The van der Waals surface area contributed by atoms with Crippen LogP contribution < -0.4 is 5.32 Å². The van der Waals surface area contributed by atoms with Crippen LogP contribution >= 0.6 is 0 Å². The average molecular weight is 560 g/mol. The van der Waals surface area contributed by atoms with E-state index in [4.69, 9.17) is 23.5 Å². The van der Waals surface area contributed by atoms with Gasteiger partial charge in [-0.25, -0.2) is 14.4 Å². The summed E-state index contributed by atoms with van der Waals surface area (Å²) >= 11 is 0. The van der Waals surface area contributed by atoms with Crippen LogP contribution in [-0.4, -0.2) is 72.7 Å². The molecule has 0 aromatic heterocycles.